The van der Waals surface area contributed by atoms with Crippen LogP contribution in [0.1, 0.15) is 51.2 Å². The molecule has 2 aliphatic rings. The molecule has 4 atom stereocenters. The minimum Gasteiger partial charge on any atom is -0.466 e. The maximum atomic E-state index is 12.8. The number of hydrogen-bond donors (Lipinski definition) is 1. The largest absolute Gasteiger partial charge is 0.466 e. The maximum Gasteiger partial charge on any atom is 0.312 e. The molecule has 25 heavy (non-hydrogen) atoms. The molecule has 4 heteroatoms. The molecule has 0 bridgehead atoms. The van der Waals surface area contributed by atoms with E-state index in [-0.39, 0.29) is 17.3 Å². The van der Waals surface area contributed by atoms with Crippen LogP contribution >= 0.6 is 0 Å². The van der Waals surface area contributed by atoms with Crippen LogP contribution in [-0.2, 0) is 21.4 Å². The van der Waals surface area contributed by atoms with E-state index in [1.807, 2.05) is 19.9 Å². The maximum absolute atomic E-state index is 12.8. The third-order valence-corrected chi connectivity index (χ3v) is 6.61. The number of esters is 1. The first kappa shape index (κ1) is 16.6. The number of fused-ring (bicyclic) bond motifs is 4. The Hall–Kier alpha value is -1.81. The van der Waals surface area contributed by atoms with Crippen molar-refractivity contribution in [2.45, 2.75) is 58.0 Å². The molecule has 134 valence electrons. The average molecular weight is 342 g/mol. The summed E-state index contributed by atoms with van der Waals surface area (Å²) in [7, 11) is 0. The molecule has 0 saturated heterocycles. The normalized spacial score (nSPS) is 34.4. The molecule has 1 heterocycles. The SMILES string of the molecule is CCOC(=O)[C@]1(C)CCC[C@]2(C)c3cc4occc4cc3C[C@@H](O)[C@@H]12. The smallest absolute Gasteiger partial charge is 0.312 e. The zero-order chi connectivity index (χ0) is 17.8. The number of rotatable bonds is 2. The molecule has 1 saturated carbocycles. The molecular formula is C21H26O4. The molecule has 0 unspecified atom stereocenters. The van der Waals surface area contributed by atoms with Gasteiger partial charge in [0.25, 0.3) is 0 Å². The Balaban J connectivity index is 1.87. The Kier molecular flexibility index (Phi) is 3.73. The molecule has 2 aromatic rings. The van der Waals surface area contributed by atoms with Crippen LogP contribution in [0.2, 0.25) is 0 Å². The van der Waals surface area contributed by atoms with Crippen LogP contribution in [0.3, 0.4) is 0 Å². The quantitative estimate of drug-likeness (QED) is 0.839. The number of aliphatic hydroxyl groups excluding tert-OH is 1. The van der Waals surface area contributed by atoms with E-state index in [9.17, 15) is 9.90 Å². The van der Waals surface area contributed by atoms with Crippen molar-refractivity contribution in [1.29, 1.82) is 0 Å². The predicted octanol–water partition coefficient (Wildman–Crippen LogP) is 3.98. The first-order valence-electron chi connectivity index (χ1n) is 9.26. The molecule has 0 radical (unpaired) electrons. The highest BCUT2D eigenvalue weighted by Crippen LogP contribution is 2.58. The molecule has 0 aliphatic heterocycles. The number of aliphatic hydroxyl groups is 1. The lowest BCUT2D eigenvalue weighted by atomic mass is 9.49. The topological polar surface area (TPSA) is 59.7 Å². The van der Waals surface area contributed by atoms with Crippen molar-refractivity contribution < 1.29 is 19.1 Å². The summed E-state index contributed by atoms with van der Waals surface area (Å²) in [6, 6.07) is 6.22. The van der Waals surface area contributed by atoms with Crippen molar-refractivity contribution >= 4 is 16.9 Å². The Bertz CT molecular complexity index is 822. The number of benzene rings is 1. The lowest BCUT2D eigenvalue weighted by Gasteiger charge is -2.55. The molecule has 1 aromatic carbocycles. The Labute approximate surface area is 148 Å². The zero-order valence-electron chi connectivity index (χ0n) is 15.2. The van der Waals surface area contributed by atoms with E-state index in [1.54, 1.807) is 6.26 Å². The highest BCUT2D eigenvalue weighted by atomic mass is 16.5. The van der Waals surface area contributed by atoms with E-state index in [0.717, 1.165) is 30.2 Å². The van der Waals surface area contributed by atoms with E-state index in [1.165, 1.54) is 11.1 Å². The summed E-state index contributed by atoms with van der Waals surface area (Å²) in [6.07, 6.45) is 4.41. The Morgan fingerprint density at radius 3 is 2.92 bits per heavy atom. The number of ether oxygens (including phenoxy) is 1. The first-order chi connectivity index (χ1) is 11.9. The summed E-state index contributed by atoms with van der Waals surface area (Å²) in [5.74, 6) is -0.319. The van der Waals surface area contributed by atoms with E-state index >= 15 is 0 Å². The molecule has 4 rings (SSSR count). The molecule has 4 nitrogen and oxygen atoms in total. The van der Waals surface area contributed by atoms with Crippen molar-refractivity contribution in [3.63, 3.8) is 0 Å². The van der Waals surface area contributed by atoms with E-state index in [4.69, 9.17) is 9.15 Å². The van der Waals surface area contributed by atoms with Crippen LogP contribution in [0.25, 0.3) is 11.0 Å². The van der Waals surface area contributed by atoms with Gasteiger partial charge < -0.3 is 14.3 Å². The van der Waals surface area contributed by atoms with Gasteiger partial charge in [0.15, 0.2) is 0 Å². The van der Waals surface area contributed by atoms with Crippen molar-refractivity contribution in [3.05, 3.63) is 35.6 Å². The fraction of sp³-hybridized carbons (Fsp3) is 0.571. The number of carbonyl (C=O) groups excluding carboxylic acids is 1. The monoisotopic (exact) mass is 342 g/mol. The zero-order valence-corrected chi connectivity index (χ0v) is 15.2. The summed E-state index contributed by atoms with van der Waals surface area (Å²) in [6.45, 7) is 6.39. The van der Waals surface area contributed by atoms with Gasteiger partial charge in [-0.15, -0.1) is 0 Å². The minimum atomic E-state index is -0.655. The summed E-state index contributed by atoms with van der Waals surface area (Å²) < 4.78 is 11.0. The molecule has 1 aromatic heterocycles. The van der Waals surface area contributed by atoms with E-state index in [2.05, 4.69) is 19.1 Å². The van der Waals surface area contributed by atoms with Crippen LogP contribution in [0.15, 0.2) is 28.9 Å². The molecular weight excluding hydrogens is 316 g/mol. The Morgan fingerprint density at radius 2 is 2.16 bits per heavy atom. The lowest BCUT2D eigenvalue weighted by molar-refractivity contribution is -0.170. The standard InChI is InChI=1S/C21H26O4/c1-4-24-19(23)21(3)8-5-7-20(2)15-12-17-13(6-9-25-17)10-14(15)11-16(22)18(20)21/h6,9-10,12,16,18,22H,4-5,7-8,11H2,1-3H3/t16-,18-,20-,21-/m1/s1. The molecule has 0 spiro atoms. The second-order valence-electron chi connectivity index (χ2n) is 8.13. The van der Waals surface area contributed by atoms with E-state index in [0.29, 0.717) is 13.0 Å². The summed E-state index contributed by atoms with van der Waals surface area (Å²) in [5.41, 5.74) is 2.36. The van der Waals surface area contributed by atoms with Crippen molar-refractivity contribution in [3.8, 4) is 0 Å². The molecule has 1 fully saturated rings. The molecule has 0 amide bonds. The minimum absolute atomic E-state index is 0.146. The van der Waals surface area contributed by atoms with Gasteiger partial charge >= 0.3 is 5.97 Å². The second-order valence-corrected chi connectivity index (χ2v) is 8.13. The summed E-state index contributed by atoms with van der Waals surface area (Å²) in [5, 5.41) is 12.1. The highest BCUT2D eigenvalue weighted by molar-refractivity contribution is 5.81. The predicted molar refractivity (Wildman–Crippen MR) is 95.4 cm³/mol. The van der Waals surface area contributed by atoms with Gasteiger partial charge in [-0.3, -0.25) is 4.79 Å². The van der Waals surface area contributed by atoms with Crippen LogP contribution in [0.5, 0.6) is 0 Å². The summed E-state index contributed by atoms with van der Waals surface area (Å²) in [4.78, 5) is 12.8. The third-order valence-electron chi connectivity index (χ3n) is 6.61. The van der Waals surface area contributed by atoms with Gasteiger partial charge in [0.05, 0.1) is 24.4 Å². The fourth-order valence-corrected chi connectivity index (χ4v) is 5.61. The van der Waals surface area contributed by atoms with Crippen molar-refractivity contribution in [2.24, 2.45) is 11.3 Å². The van der Waals surface area contributed by atoms with Crippen LogP contribution < -0.4 is 0 Å². The van der Waals surface area contributed by atoms with Gasteiger partial charge in [-0.05, 0) is 67.9 Å². The highest BCUT2D eigenvalue weighted by Gasteiger charge is 2.59. The molecule has 1 N–H and O–H groups in total. The van der Waals surface area contributed by atoms with E-state index < -0.39 is 11.5 Å². The van der Waals surface area contributed by atoms with Crippen LogP contribution in [-0.4, -0.2) is 23.8 Å². The van der Waals surface area contributed by atoms with Crippen molar-refractivity contribution in [1.82, 2.24) is 0 Å². The second kappa shape index (κ2) is 5.60. The number of hydrogen-bond acceptors (Lipinski definition) is 4. The van der Waals surface area contributed by atoms with Crippen LogP contribution in [0.4, 0.5) is 0 Å². The number of carbonyl (C=O) groups is 1. The lowest BCUT2D eigenvalue weighted by Crippen LogP contribution is -2.58. The average Bonchev–Trinajstić information content (AvgIpc) is 3.00. The number of furan rings is 1. The van der Waals surface area contributed by atoms with Gasteiger partial charge in [0, 0.05) is 11.3 Å². The van der Waals surface area contributed by atoms with Gasteiger partial charge in [-0.1, -0.05) is 13.3 Å². The van der Waals surface area contributed by atoms with Crippen LogP contribution in [0, 0.1) is 11.3 Å². The van der Waals surface area contributed by atoms with Gasteiger partial charge in [-0.2, -0.15) is 0 Å². The van der Waals surface area contributed by atoms with Gasteiger partial charge in [-0.25, -0.2) is 0 Å². The Morgan fingerprint density at radius 1 is 1.36 bits per heavy atom. The van der Waals surface area contributed by atoms with Gasteiger partial charge in [0.1, 0.15) is 5.58 Å². The summed E-state index contributed by atoms with van der Waals surface area (Å²) >= 11 is 0. The molecule has 2 aliphatic carbocycles. The van der Waals surface area contributed by atoms with Gasteiger partial charge in [0.2, 0.25) is 0 Å². The fourth-order valence-electron chi connectivity index (χ4n) is 5.61. The van der Waals surface area contributed by atoms with Crippen molar-refractivity contribution in [2.75, 3.05) is 6.61 Å². The first-order valence-corrected chi connectivity index (χ1v) is 9.26. The third kappa shape index (κ3) is 2.27.